The van der Waals surface area contributed by atoms with Crippen LogP contribution in [0, 0.1) is 0 Å². The molecule has 0 aliphatic heterocycles. The van der Waals surface area contributed by atoms with Gasteiger partial charge in [-0.05, 0) is 12.8 Å². The van der Waals surface area contributed by atoms with Crippen LogP contribution < -0.4 is 0 Å². The minimum Gasteiger partial charge on any atom is -0.306 e. The van der Waals surface area contributed by atoms with Crippen molar-refractivity contribution in [3.8, 4) is 0 Å². The minimum atomic E-state index is -1.61. The van der Waals surface area contributed by atoms with Gasteiger partial charge in [0.25, 0.3) is 0 Å². The van der Waals surface area contributed by atoms with Crippen LogP contribution in [-0.2, 0) is 11.1 Å². The van der Waals surface area contributed by atoms with Gasteiger partial charge in [0.1, 0.15) is 0 Å². The van der Waals surface area contributed by atoms with E-state index in [4.69, 9.17) is 4.55 Å². The lowest BCUT2D eigenvalue weighted by atomic mass is 10.1. The normalized spacial score (nSPS) is 15.9. The maximum absolute atomic E-state index is 10.7. The van der Waals surface area contributed by atoms with Gasteiger partial charge in [-0.15, -0.1) is 0 Å². The Morgan fingerprint density at radius 1 is 1.25 bits per heavy atom. The van der Waals surface area contributed by atoms with Gasteiger partial charge in [-0.25, -0.2) is 4.21 Å². The molecule has 0 aromatic rings. The molecule has 0 saturated heterocycles. The molecule has 0 amide bonds. The first-order valence-electron chi connectivity index (χ1n) is 4.82. The zero-order valence-corrected chi connectivity index (χ0v) is 8.90. The lowest BCUT2D eigenvalue weighted by Gasteiger charge is -2.08. The summed E-state index contributed by atoms with van der Waals surface area (Å²) in [6, 6.07) is 0. The van der Waals surface area contributed by atoms with E-state index in [0.29, 0.717) is 0 Å². The van der Waals surface area contributed by atoms with Crippen LogP contribution in [0.3, 0.4) is 0 Å². The molecule has 0 aromatic heterocycles. The summed E-state index contributed by atoms with van der Waals surface area (Å²) >= 11 is -1.61. The summed E-state index contributed by atoms with van der Waals surface area (Å²) < 4.78 is 19.5. The minimum absolute atomic E-state index is 0.00172. The number of unbranched alkanes of at least 4 members (excludes halogenated alkanes) is 3. The summed E-state index contributed by atoms with van der Waals surface area (Å²) in [5.41, 5.74) is 0. The Hall–Kier alpha value is 0.110. The van der Waals surface area contributed by atoms with Gasteiger partial charge in [0.05, 0.1) is 5.25 Å². The zero-order valence-electron chi connectivity index (χ0n) is 8.08. The summed E-state index contributed by atoms with van der Waals surface area (Å²) in [7, 11) is 0. The largest absolute Gasteiger partial charge is 0.306 e. The van der Waals surface area contributed by atoms with E-state index in [-0.39, 0.29) is 5.25 Å². The third-order valence-electron chi connectivity index (χ3n) is 2.12. The lowest BCUT2D eigenvalue weighted by Crippen LogP contribution is -2.12. The second kappa shape index (κ2) is 7.74. The van der Waals surface area contributed by atoms with Crippen LogP contribution >= 0.6 is 0 Å². The first-order chi connectivity index (χ1) is 5.72. The molecule has 3 heteroatoms. The second-order valence-electron chi connectivity index (χ2n) is 3.16. The smallest absolute Gasteiger partial charge is 0.155 e. The van der Waals surface area contributed by atoms with Crippen LogP contribution in [0.1, 0.15) is 52.4 Å². The molecule has 2 nitrogen and oxygen atoms in total. The Bertz CT molecular complexity index is 126. The molecular weight excluding hydrogens is 172 g/mol. The van der Waals surface area contributed by atoms with Gasteiger partial charge >= 0.3 is 0 Å². The van der Waals surface area contributed by atoms with Gasteiger partial charge in [-0.3, -0.25) is 0 Å². The van der Waals surface area contributed by atoms with Crippen molar-refractivity contribution in [2.24, 2.45) is 0 Å². The average molecular weight is 192 g/mol. The Labute approximate surface area is 78.0 Å². The number of rotatable bonds is 7. The fraction of sp³-hybridized carbons (Fsp3) is 1.00. The van der Waals surface area contributed by atoms with E-state index in [1.54, 1.807) is 0 Å². The maximum Gasteiger partial charge on any atom is 0.155 e. The Kier molecular flexibility index (Phi) is 7.81. The molecule has 0 rings (SSSR count). The standard InChI is InChI=1S/C9H20O2S/c1-3-5-6-7-8-9(4-2)12(10)11/h9H,3-8H2,1-2H3,(H,10,11). The van der Waals surface area contributed by atoms with Crippen LogP contribution in [0.2, 0.25) is 0 Å². The van der Waals surface area contributed by atoms with Crippen molar-refractivity contribution in [1.82, 2.24) is 0 Å². The van der Waals surface area contributed by atoms with Crippen molar-refractivity contribution < 1.29 is 8.76 Å². The van der Waals surface area contributed by atoms with Crippen molar-refractivity contribution >= 4 is 11.1 Å². The topological polar surface area (TPSA) is 37.3 Å². The Morgan fingerprint density at radius 2 is 1.92 bits per heavy atom. The van der Waals surface area contributed by atoms with E-state index in [1.807, 2.05) is 6.92 Å². The fourth-order valence-corrected chi connectivity index (χ4v) is 1.90. The van der Waals surface area contributed by atoms with E-state index < -0.39 is 11.1 Å². The van der Waals surface area contributed by atoms with E-state index in [9.17, 15) is 4.21 Å². The molecule has 74 valence electrons. The highest BCUT2D eigenvalue weighted by Crippen LogP contribution is 2.11. The molecular formula is C9H20O2S. The highest BCUT2D eigenvalue weighted by atomic mass is 32.2. The molecule has 1 N–H and O–H groups in total. The molecule has 0 fully saturated rings. The predicted octanol–water partition coefficient (Wildman–Crippen LogP) is 2.96. The van der Waals surface area contributed by atoms with Gasteiger partial charge in [0.15, 0.2) is 11.1 Å². The molecule has 0 heterocycles. The SMILES string of the molecule is CCCCCCC(CC)S(=O)O. The van der Waals surface area contributed by atoms with Gasteiger partial charge in [-0.2, -0.15) is 0 Å². The van der Waals surface area contributed by atoms with Crippen LogP contribution in [-0.4, -0.2) is 14.0 Å². The average Bonchev–Trinajstić information content (AvgIpc) is 2.04. The molecule has 12 heavy (non-hydrogen) atoms. The van der Waals surface area contributed by atoms with E-state index in [1.165, 1.54) is 19.3 Å². The summed E-state index contributed by atoms with van der Waals surface area (Å²) in [6.45, 7) is 4.14. The highest BCUT2D eigenvalue weighted by molar-refractivity contribution is 7.79. The van der Waals surface area contributed by atoms with Crippen LogP contribution in [0.5, 0.6) is 0 Å². The highest BCUT2D eigenvalue weighted by Gasteiger charge is 2.11. The summed E-state index contributed by atoms with van der Waals surface area (Å²) in [6.07, 6.45) is 6.48. The van der Waals surface area contributed by atoms with Crippen molar-refractivity contribution in [2.45, 2.75) is 57.6 Å². The summed E-state index contributed by atoms with van der Waals surface area (Å²) in [5, 5.41) is 0.00172. The number of hydrogen-bond donors (Lipinski definition) is 1. The van der Waals surface area contributed by atoms with Gasteiger partial charge in [0, 0.05) is 0 Å². The molecule has 0 bridgehead atoms. The first-order valence-corrected chi connectivity index (χ1v) is 5.99. The van der Waals surface area contributed by atoms with Gasteiger partial charge in [0.2, 0.25) is 0 Å². The third-order valence-corrected chi connectivity index (χ3v) is 3.26. The van der Waals surface area contributed by atoms with Crippen molar-refractivity contribution in [3.05, 3.63) is 0 Å². The molecule has 0 saturated carbocycles. The molecule has 0 aromatic carbocycles. The monoisotopic (exact) mass is 192 g/mol. The van der Waals surface area contributed by atoms with Crippen LogP contribution in [0.4, 0.5) is 0 Å². The van der Waals surface area contributed by atoms with Crippen molar-refractivity contribution in [1.29, 1.82) is 0 Å². The Balaban J connectivity index is 3.38. The lowest BCUT2D eigenvalue weighted by molar-refractivity contribution is 0.523. The number of hydrogen-bond acceptors (Lipinski definition) is 1. The second-order valence-corrected chi connectivity index (χ2v) is 4.37. The van der Waals surface area contributed by atoms with Crippen LogP contribution in [0.25, 0.3) is 0 Å². The molecule has 0 spiro atoms. The predicted molar refractivity (Wildman–Crippen MR) is 53.6 cm³/mol. The maximum atomic E-state index is 10.7. The van der Waals surface area contributed by atoms with E-state index >= 15 is 0 Å². The van der Waals surface area contributed by atoms with Gasteiger partial charge in [-0.1, -0.05) is 39.5 Å². The van der Waals surface area contributed by atoms with E-state index in [2.05, 4.69) is 6.92 Å². The molecule has 2 atom stereocenters. The molecule has 0 aliphatic rings. The van der Waals surface area contributed by atoms with Gasteiger partial charge < -0.3 is 4.55 Å². The molecule has 0 radical (unpaired) electrons. The quantitative estimate of drug-likeness (QED) is 0.497. The summed E-state index contributed by atoms with van der Waals surface area (Å²) in [5.74, 6) is 0. The van der Waals surface area contributed by atoms with Crippen LogP contribution in [0.15, 0.2) is 0 Å². The fourth-order valence-electron chi connectivity index (χ4n) is 1.25. The zero-order chi connectivity index (χ0) is 9.40. The molecule has 0 aliphatic carbocycles. The molecule has 2 unspecified atom stereocenters. The first kappa shape index (κ1) is 12.1. The Morgan fingerprint density at radius 3 is 2.33 bits per heavy atom. The van der Waals surface area contributed by atoms with Crippen molar-refractivity contribution in [3.63, 3.8) is 0 Å². The van der Waals surface area contributed by atoms with Crippen molar-refractivity contribution in [2.75, 3.05) is 0 Å². The summed E-state index contributed by atoms with van der Waals surface area (Å²) in [4.78, 5) is 0. The third kappa shape index (κ3) is 5.72. The van der Waals surface area contributed by atoms with E-state index in [0.717, 1.165) is 19.3 Å².